The van der Waals surface area contributed by atoms with Gasteiger partial charge in [0.15, 0.2) is 0 Å². The Morgan fingerprint density at radius 2 is 1.58 bits per heavy atom. The maximum Gasteiger partial charge on any atom is 0.416 e. The summed E-state index contributed by atoms with van der Waals surface area (Å²) in [6.07, 6.45) is -5.20. The number of fused-ring (bicyclic) bond motifs is 1. The predicted octanol–water partition coefficient (Wildman–Crippen LogP) is 4.51. The van der Waals surface area contributed by atoms with Crippen LogP contribution in [0.15, 0.2) is 77.7 Å². The van der Waals surface area contributed by atoms with Crippen molar-refractivity contribution in [2.24, 2.45) is 0 Å². The van der Waals surface area contributed by atoms with Gasteiger partial charge < -0.3 is 5.32 Å². The van der Waals surface area contributed by atoms with Gasteiger partial charge in [0.1, 0.15) is 6.42 Å². The summed E-state index contributed by atoms with van der Waals surface area (Å²) in [5.74, 6) is -1.39. The van der Waals surface area contributed by atoms with E-state index in [1.807, 2.05) is 0 Å². The van der Waals surface area contributed by atoms with Crippen molar-refractivity contribution in [3.8, 4) is 0 Å². The zero-order valence-corrected chi connectivity index (χ0v) is 17.6. The Morgan fingerprint density at radius 3 is 2.21 bits per heavy atom. The first kappa shape index (κ1) is 22.3. The number of carbonyl (C=O) groups excluding carboxylic acids is 2. The van der Waals surface area contributed by atoms with E-state index in [-0.39, 0.29) is 27.6 Å². The second-order valence-electron chi connectivity index (χ2n) is 7.15. The zero-order chi connectivity index (χ0) is 23.8. The second-order valence-corrected chi connectivity index (χ2v) is 8.83. The van der Waals surface area contributed by atoms with Crippen LogP contribution in [0.25, 0.3) is 0 Å². The Bertz CT molecular complexity index is 1330. The molecule has 170 valence electrons. The first-order chi connectivity index (χ1) is 15.5. The highest BCUT2D eigenvalue weighted by Crippen LogP contribution is 2.39. The van der Waals surface area contributed by atoms with E-state index in [0.29, 0.717) is 0 Å². The van der Waals surface area contributed by atoms with Crippen LogP contribution in [0.2, 0.25) is 0 Å². The van der Waals surface area contributed by atoms with Crippen molar-refractivity contribution in [2.45, 2.75) is 17.5 Å². The fraction of sp³-hybridized carbons (Fsp3) is 0.0909. The Labute approximate surface area is 186 Å². The van der Waals surface area contributed by atoms with Crippen molar-refractivity contribution < 1.29 is 31.2 Å². The van der Waals surface area contributed by atoms with E-state index in [1.54, 1.807) is 18.2 Å². The molecule has 2 amide bonds. The van der Waals surface area contributed by atoms with Crippen LogP contribution in [0.1, 0.15) is 12.0 Å². The zero-order valence-electron chi connectivity index (χ0n) is 16.8. The first-order valence-electron chi connectivity index (χ1n) is 9.56. The average molecular weight is 475 g/mol. The van der Waals surface area contributed by atoms with Gasteiger partial charge in [-0.2, -0.15) is 13.2 Å². The number of rotatable bonds is 4. The van der Waals surface area contributed by atoms with Gasteiger partial charge in [-0.25, -0.2) is 8.42 Å². The Hall–Kier alpha value is -3.86. The number of halogens is 3. The lowest BCUT2D eigenvalue weighted by Crippen LogP contribution is -2.26. The molecule has 3 aromatic carbocycles. The molecule has 0 saturated heterocycles. The summed E-state index contributed by atoms with van der Waals surface area (Å²) in [4.78, 5) is 25.9. The third-order valence-corrected chi connectivity index (χ3v) is 6.23. The molecule has 1 aliphatic heterocycles. The summed E-state index contributed by atoms with van der Waals surface area (Å²) in [5.41, 5.74) is -0.598. The lowest BCUT2D eigenvalue weighted by Gasteiger charge is -2.23. The summed E-state index contributed by atoms with van der Waals surface area (Å²) in [6.45, 7) is 0. The highest BCUT2D eigenvalue weighted by Gasteiger charge is 2.34. The number of alkyl halides is 3. The minimum absolute atomic E-state index is 0.0655. The lowest BCUT2D eigenvalue weighted by atomic mass is 10.1. The fourth-order valence-electron chi connectivity index (χ4n) is 3.33. The predicted molar refractivity (Wildman–Crippen MR) is 116 cm³/mol. The molecule has 0 atom stereocenters. The van der Waals surface area contributed by atoms with Crippen LogP contribution in [0.4, 0.5) is 35.9 Å². The molecule has 0 aromatic heterocycles. The van der Waals surface area contributed by atoms with Gasteiger partial charge in [0.25, 0.3) is 10.0 Å². The standard InChI is InChI=1S/C22H16F3N3O4S/c23-22(24,25)14-6-11-19-18(12-14)26-20(29)13-21(30)28(19)16-9-7-15(8-10-16)27-33(31,32)17-4-2-1-3-5-17/h1-12,27H,13H2,(H,26,29). The van der Waals surface area contributed by atoms with Crippen LogP contribution in [-0.4, -0.2) is 20.2 Å². The first-order valence-corrected chi connectivity index (χ1v) is 11.0. The van der Waals surface area contributed by atoms with Crippen molar-refractivity contribution in [3.63, 3.8) is 0 Å². The van der Waals surface area contributed by atoms with E-state index in [4.69, 9.17) is 0 Å². The number of nitrogens with zero attached hydrogens (tertiary/aromatic N) is 1. The number of benzene rings is 3. The van der Waals surface area contributed by atoms with Crippen LogP contribution in [-0.2, 0) is 25.8 Å². The maximum atomic E-state index is 13.1. The molecule has 0 fully saturated rings. The molecule has 11 heteroatoms. The highest BCUT2D eigenvalue weighted by molar-refractivity contribution is 7.92. The largest absolute Gasteiger partial charge is 0.416 e. The van der Waals surface area contributed by atoms with Crippen LogP contribution in [0, 0.1) is 0 Å². The van der Waals surface area contributed by atoms with Gasteiger partial charge in [0, 0.05) is 11.4 Å². The molecule has 0 aliphatic carbocycles. The van der Waals surface area contributed by atoms with E-state index in [2.05, 4.69) is 10.0 Å². The number of anilines is 4. The molecule has 2 N–H and O–H groups in total. The summed E-state index contributed by atoms with van der Waals surface area (Å²) in [6, 6.07) is 16.1. The third-order valence-electron chi connectivity index (χ3n) is 4.83. The SMILES string of the molecule is O=C1CC(=O)N(c2ccc(NS(=O)(=O)c3ccccc3)cc2)c2ccc(C(F)(F)F)cc2N1. The average Bonchev–Trinajstić information content (AvgIpc) is 2.88. The van der Waals surface area contributed by atoms with E-state index in [9.17, 15) is 31.2 Å². The molecule has 1 heterocycles. The monoisotopic (exact) mass is 475 g/mol. The molecule has 0 saturated carbocycles. The van der Waals surface area contributed by atoms with Gasteiger partial charge in [0.05, 0.1) is 21.8 Å². The quantitative estimate of drug-likeness (QED) is 0.543. The molecular formula is C22H16F3N3O4S. The molecule has 0 unspecified atom stereocenters. The molecule has 0 radical (unpaired) electrons. The Kier molecular flexibility index (Phi) is 5.58. The molecule has 7 nitrogen and oxygen atoms in total. The van der Waals surface area contributed by atoms with Gasteiger partial charge in [0.2, 0.25) is 11.8 Å². The number of nitrogens with one attached hydrogen (secondary N) is 2. The Balaban J connectivity index is 1.67. The number of sulfonamides is 1. The van der Waals surface area contributed by atoms with Crippen LogP contribution < -0.4 is 14.9 Å². The van der Waals surface area contributed by atoms with Crippen LogP contribution >= 0.6 is 0 Å². The summed E-state index contributed by atoms with van der Waals surface area (Å²) >= 11 is 0. The topological polar surface area (TPSA) is 95.6 Å². The fourth-order valence-corrected chi connectivity index (χ4v) is 4.41. The van der Waals surface area contributed by atoms with Crippen molar-refractivity contribution >= 4 is 44.6 Å². The van der Waals surface area contributed by atoms with Crippen molar-refractivity contribution in [3.05, 3.63) is 78.4 Å². The van der Waals surface area contributed by atoms with E-state index < -0.39 is 40.0 Å². The Morgan fingerprint density at radius 1 is 0.909 bits per heavy atom. The van der Waals surface area contributed by atoms with Gasteiger partial charge in [-0.3, -0.25) is 19.2 Å². The smallest absolute Gasteiger partial charge is 0.324 e. The van der Waals surface area contributed by atoms with Crippen molar-refractivity contribution in [1.29, 1.82) is 0 Å². The van der Waals surface area contributed by atoms with E-state index in [1.165, 1.54) is 36.4 Å². The lowest BCUT2D eigenvalue weighted by molar-refractivity contribution is -0.137. The van der Waals surface area contributed by atoms with Crippen LogP contribution in [0.3, 0.4) is 0 Å². The summed E-state index contributed by atoms with van der Waals surface area (Å²) < 4.78 is 66.7. The molecule has 33 heavy (non-hydrogen) atoms. The van der Waals surface area contributed by atoms with Gasteiger partial charge in [-0.1, -0.05) is 18.2 Å². The molecule has 0 spiro atoms. The number of hydrogen-bond acceptors (Lipinski definition) is 4. The van der Waals surface area contributed by atoms with Gasteiger partial charge in [-0.15, -0.1) is 0 Å². The van der Waals surface area contributed by atoms with Gasteiger partial charge in [-0.05, 0) is 54.6 Å². The molecule has 0 bridgehead atoms. The summed E-state index contributed by atoms with van der Waals surface area (Å²) in [7, 11) is -3.83. The molecular weight excluding hydrogens is 459 g/mol. The minimum Gasteiger partial charge on any atom is -0.324 e. The normalized spacial score (nSPS) is 14.3. The van der Waals surface area contributed by atoms with Crippen molar-refractivity contribution in [2.75, 3.05) is 14.9 Å². The van der Waals surface area contributed by atoms with E-state index in [0.717, 1.165) is 23.1 Å². The molecule has 4 rings (SSSR count). The van der Waals surface area contributed by atoms with Crippen LogP contribution in [0.5, 0.6) is 0 Å². The maximum absolute atomic E-state index is 13.1. The second kappa shape index (κ2) is 8.24. The van der Waals surface area contributed by atoms with Crippen molar-refractivity contribution in [1.82, 2.24) is 0 Å². The molecule has 3 aromatic rings. The molecule has 1 aliphatic rings. The summed E-state index contributed by atoms with van der Waals surface area (Å²) in [5, 5.41) is 2.33. The number of amides is 2. The third kappa shape index (κ3) is 4.67. The van der Waals surface area contributed by atoms with Gasteiger partial charge >= 0.3 is 6.18 Å². The van der Waals surface area contributed by atoms with E-state index >= 15 is 0 Å². The number of hydrogen-bond donors (Lipinski definition) is 2. The minimum atomic E-state index is -4.63. The highest BCUT2D eigenvalue weighted by atomic mass is 32.2. The number of carbonyl (C=O) groups is 2.